The molecule has 0 atom stereocenters. The van der Waals surface area contributed by atoms with Crippen molar-refractivity contribution in [1.29, 1.82) is 0 Å². The monoisotopic (exact) mass is 275 g/mol. The first-order valence-corrected chi connectivity index (χ1v) is 6.62. The average molecular weight is 275 g/mol. The summed E-state index contributed by atoms with van der Waals surface area (Å²) in [4.78, 5) is 8.45. The summed E-state index contributed by atoms with van der Waals surface area (Å²) in [5.74, 6) is 0.599. The molecule has 2 rings (SSSR count). The molecule has 0 aliphatic rings. The second kappa shape index (κ2) is 6.84. The molecule has 0 radical (unpaired) electrons. The molecule has 0 saturated carbocycles. The van der Waals surface area contributed by atoms with E-state index >= 15 is 0 Å². The highest BCUT2D eigenvalue weighted by Crippen LogP contribution is 2.19. The highest BCUT2D eigenvalue weighted by molar-refractivity contribution is 5.31. The quantitative estimate of drug-likeness (QED) is 0.878. The van der Waals surface area contributed by atoms with Crippen LogP contribution in [0.4, 0.5) is 10.2 Å². The third-order valence-electron chi connectivity index (χ3n) is 2.72. The van der Waals surface area contributed by atoms with Gasteiger partial charge in [-0.2, -0.15) is 0 Å². The first-order chi connectivity index (χ1) is 9.69. The standard InChI is InChI=1S/C15H18FN3O/c1-3-6-17-15-9-18-12(8-19-15)10-20-14-7-11(2)4-5-13(14)16/h4-5,7-9H,3,6,10H2,1-2H3,(H,17,19). The van der Waals surface area contributed by atoms with Crippen LogP contribution in [0.15, 0.2) is 30.6 Å². The molecule has 0 spiro atoms. The maximum Gasteiger partial charge on any atom is 0.165 e. The van der Waals surface area contributed by atoms with Crippen LogP contribution in [0, 0.1) is 12.7 Å². The van der Waals surface area contributed by atoms with Crippen LogP contribution in [0.25, 0.3) is 0 Å². The van der Waals surface area contributed by atoms with Crippen molar-refractivity contribution < 1.29 is 9.13 Å². The van der Waals surface area contributed by atoms with Crippen molar-refractivity contribution in [3.63, 3.8) is 0 Å². The Morgan fingerprint density at radius 3 is 2.80 bits per heavy atom. The van der Waals surface area contributed by atoms with Gasteiger partial charge in [-0.05, 0) is 31.0 Å². The van der Waals surface area contributed by atoms with Crippen LogP contribution in [-0.2, 0) is 6.61 Å². The Bertz CT molecular complexity index is 558. The van der Waals surface area contributed by atoms with E-state index in [0.29, 0.717) is 5.69 Å². The molecule has 1 aromatic heterocycles. The van der Waals surface area contributed by atoms with Crippen molar-refractivity contribution in [3.05, 3.63) is 47.7 Å². The van der Waals surface area contributed by atoms with Gasteiger partial charge in [0.2, 0.25) is 0 Å². The van der Waals surface area contributed by atoms with Gasteiger partial charge in [-0.1, -0.05) is 13.0 Å². The fraction of sp³-hybridized carbons (Fsp3) is 0.333. The fourth-order valence-corrected chi connectivity index (χ4v) is 1.65. The summed E-state index contributed by atoms with van der Waals surface area (Å²) in [6.45, 7) is 5.03. The molecule has 5 heteroatoms. The maximum atomic E-state index is 13.5. The summed E-state index contributed by atoms with van der Waals surface area (Å²) in [6, 6.07) is 4.77. The van der Waals surface area contributed by atoms with Crippen LogP contribution in [0.5, 0.6) is 5.75 Å². The lowest BCUT2D eigenvalue weighted by molar-refractivity contribution is 0.285. The Labute approximate surface area is 118 Å². The number of aryl methyl sites for hydroxylation is 1. The molecule has 1 heterocycles. The number of nitrogens with one attached hydrogen (secondary N) is 1. The van der Waals surface area contributed by atoms with Crippen molar-refractivity contribution in [2.24, 2.45) is 0 Å². The van der Waals surface area contributed by atoms with E-state index < -0.39 is 0 Å². The first kappa shape index (κ1) is 14.2. The van der Waals surface area contributed by atoms with E-state index in [9.17, 15) is 4.39 Å². The van der Waals surface area contributed by atoms with Crippen molar-refractivity contribution in [3.8, 4) is 5.75 Å². The Morgan fingerprint density at radius 2 is 2.10 bits per heavy atom. The molecule has 1 aromatic carbocycles. The van der Waals surface area contributed by atoms with E-state index in [2.05, 4.69) is 22.2 Å². The Balaban J connectivity index is 1.95. The zero-order valence-electron chi connectivity index (χ0n) is 11.7. The summed E-state index contributed by atoms with van der Waals surface area (Å²) >= 11 is 0. The fourth-order valence-electron chi connectivity index (χ4n) is 1.65. The Kier molecular flexibility index (Phi) is 4.87. The van der Waals surface area contributed by atoms with Crippen molar-refractivity contribution in [2.75, 3.05) is 11.9 Å². The van der Waals surface area contributed by atoms with Gasteiger partial charge in [0.05, 0.1) is 18.1 Å². The van der Waals surface area contributed by atoms with E-state index in [1.54, 1.807) is 24.5 Å². The van der Waals surface area contributed by atoms with Gasteiger partial charge in [-0.15, -0.1) is 0 Å². The molecule has 20 heavy (non-hydrogen) atoms. The number of rotatable bonds is 6. The average Bonchev–Trinajstić information content (AvgIpc) is 2.47. The van der Waals surface area contributed by atoms with E-state index in [4.69, 9.17) is 4.74 Å². The van der Waals surface area contributed by atoms with Gasteiger partial charge in [0, 0.05) is 6.54 Å². The molecule has 106 valence electrons. The summed E-state index contributed by atoms with van der Waals surface area (Å²) in [7, 11) is 0. The number of benzene rings is 1. The Hall–Kier alpha value is -2.17. The zero-order chi connectivity index (χ0) is 14.4. The number of halogens is 1. The van der Waals surface area contributed by atoms with E-state index in [0.717, 1.165) is 24.3 Å². The summed E-state index contributed by atoms with van der Waals surface area (Å²) in [5.41, 5.74) is 1.61. The summed E-state index contributed by atoms with van der Waals surface area (Å²) in [6.07, 6.45) is 4.31. The van der Waals surface area contributed by atoms with Gasteiger partial charge >= 0.3 is 0 Å². The lowest BCUT2D eigenvalue weighted by Crippen LogP contribution is -2.05. The van der Waals surface area contributed by atoms with Gasteiger partial charge in [0.1, 0.15) is 12.4 Å². The van der Waals surface area contributed by atoms with Gasteiger partial charge in [-0.25, -0.2) is 9.37 Å². The van der Waals surface area contributed by atoms with Gasteiger partial charge in [-0.3, -0.25) is 4.98 Å². The number of ether oxygens (including phenoxy) is 1. The molecule has 0 amide bonds. The first-order valence-electron chi connectivity index (χ1n) is 6.62. The van der Waals surface area contributed by atoms with Crippen molar-refractivity contribution in [1.82, 2.24) is 9.97 Å². The highest BCUT2D eigenvalue weighted by Gasteiger charge is 2.04. The van der Waals surface area contributed by atoms with Crippen LogP contribution in [0.3, 0.4) is 0 Å². The minimum atomic E-state index is -0.371. The minimum absolute atomic E-state index is 0.196. The number of hydrogen-bond acceptors (Lipinski definition) is 4. The number of hydrogen-bond donors (Lipinski definition) is 1. The molecule has 0 unspecified atom stereocenters. The Morgan fingerprint density at radius 1 is 1.25 bits per heavy atom. The molecule has 0 aliphatic carbocycles. The highest BCUT2D eigenvalue weighted by atomic mass is 19.1. The lowest BCUT2D eigenvalue weighted by Gasteiger charge is -2.08. The van der Waals surface area contributed by atoms with Crippen LogP contribution in [0.1, 0.15) is 24.6 Å². The molecule has 4 nitrogen and oxygen atoms in total. The van der Waals surface area contributed by atoms with E-state index in [-0.39, 0.29) is 18.2 Å². The molecular formula is C15H18FN3O. The van der Waals surface area contributed by atoms with Gasteiger partial charge in [0.15, 0.2) is 11.6 Å². The predicted octanol–water partition coefficient (Wildman–Crippen LogP) is 3.33. The number of nitrogens with zero attached hydrogens (tertiary/aromatic N) is 2. The number of aromatic nitrogens is 2. The normalized spacial score (nSPS) is 10.3. The van der Waals surface area contributed by atoms with Crippen molar-refractivity contribution >= 4 is 5.82 Å². The predicted molar refractivity (Wildman–Crippen MR) is 76.3 cm³/mol. The van der Waals surface area contributed by atoms with Crippen LogP contribution in [0.2, 0.25) is 0 Å². The molecule has 0 aliphatic heterocycles. The van der Waals surface area contributed by atoms with E-state index in [1.165, 1.54) is 6.07 Å². The maximum absolute atomic E-state index is 13.5. The lowest BCUT2D eigenvalue weighted by atomic mass is 10.2. The number of anilines is 1. The molecule has 2 aromatic rings. The molecule has 1 N–H and O–H groups in total. The SMILES string of the molecule is CCCNc1cnc(COc2cc(C)ccc2F)cn1. The topological polar surface area (TPSA) is 47.0 Å². The molecule has 0 saturated heterocycles. The molecule has 0 fully saturated rings. The van der Waals surface area contributed by atoms with Gasteiger partial charge < -0.3 is 10.1 Å². The van der Waals surface area contributed by atoms with Crippen LogP contribution < -0.4 is 10.1 Å². The summed E-state index contributed by atoms with van der Waals surface area (Å²) in [5, 5.41) is 3.14. The van der Waals surface area contributed by atoms with Crippen LogP contribution >= 0.6 is 0 Å². The molecule has 0 bridgehead atoms. The largest absolute Gasteiger partial charge is 0.484 e. The minimum Gasteiger partial charge on any atom is -0.484 e. The van der Waals surface area contributed by atoms with Crippen molar-refractivity contribution in [2.45, 2.75) is 26.9 Å². The smallest absolute Gasteiger partial charge is 0.165 e. The van der Waals surface area contributed by atoms with Gasteiger partial charge in [0.25, 0.3) is 0 Å². The van der Waals surface area contributed by atoms with Crippen LogP contribution in [-0.4, -0.2) is 16.5 Å². The third-order valence-corrected chi connectivity index (χ3v) is 2.72. The van der Waals surface area contributed by atoms with E-state index in [1.807, 2.05) is 6.92 Å². The second-order valence-electron chi connectivity index (χ2n) is 4.54. The third kappa shape index (κ3) is 3.91. The second-order valence-corrected chi connectivity index (χ2v) is 4.54. The molecular weight excluding hydrogens is 257 g/mol. The summed E-state index contributed by atoms with van der Waals surface area (Å²) < 4.78 is 18.9. The zero-order valence-corrected chi connectivity index (χ0v) is 11.7.